The zero-order chi connectivity index (χ0) is 10.7. The minimum Gasteiger partial charge on any atom is -0.506 e. The van der Waals surface area contributed by atoms with Gasteiger partial charge in [0.1, 0.15) is 5.75 Å². The van der Waals surface area contributed by atoms with Crippen molar-refractivity contribution >= 4 is 48.8 Å². The number of nitrogens with one attached hydrogen (secondary N) is 1. The number of benzene rings is 1. The van der Waals surface area contributed by atoms with E-state index in [0.717, 1.165) is 0 Å². The van der Waals surface area contributed by atoms with Gasteiger partial charge >= 0.3 is 0 Å². The molecule has 0 aliphatic heterocycles. The summed E-state index contributed by atoms with van der Waals surface area (Å²) >= 11 is 4.72. The van der Waals surface area contributed by atoms with Crippen molar-refractivity contribution < 1.29 is 13.5 Å². The molecule has 4 nitrogen and oxygen atoms in total. The second kappa shape index (κ2) is 5.11. The molecule has 0 aromatic heterocycles. The highest BCUT2D eigenvalue weighted by Gasteiger charge is 2.07. The maximum absolute atomic E-state index is 11.0. The van der Waals surface area contributed by atoms with Crippen molar-refractivity contribution in [1.29, 1.82) is 0 Å². The number of aromatic hydroxyl groups is 1. The van der Waals surface area contributed by atoms with Crippen LogP contribution in [0.25, 0.3) is 0 Å². The topological polar surface area (TPSA) is 58.6 Å². The third-order valence-corrected chi connectivity index (χ3v) is 3.28. The molecule has 0 aliphatic rings. The van der Waals surface area contributed by atoms with Gasteiger partial charge in [0.25, 0.3) is 11.3 Å². The first-order chi connectivity index (χ1) is 6.54. The van der Waals surface area contributed by atoms with E-state index in [1.807, 2.05) is 0 Å². The van der Waals surface area contributed by atoms with Crippen LogP contribution in [-0.2, 0) is 15.4 Å². The van der Waals surface area contributed by atoms with E-state index in [0.29, 0.717) is 14.6 Å². The second-order valence-corrected chi connectivity index (χ2v) is 5.01. The summed E-state index contributed by atoms with van der Waals surface area (Å²) in [6.07, 6.45) is 0. The summed E-state index contributed by atoms with van der Waals surface area (Å²) in [7, 11) is 1.33. The molecule has 1 rings (SSSR count). The quantitative estimate of drug-likeness (QED) is 0.828. The lowest BCUT2D eigenvalue weighted by Crippen LogP contribution is -2.05. The molecule has 2 N–H and O–H groups in total. The number of phenols is 1. The summed E-state index contributed by atoms with van der Waals surface area (Å²) < 4.78 is 19.1. The number of rotatable bonds is 3. The van der Waals surface area contributed by atoms with Crippen molar-refractivity contribution in [2.45, 2.75) is 0 Å². The number of halogens is 2. The van der Waals surface area contributed by atoms with E-state index in [1.54, 1.807) is 12.1 Å². The Labute approximate surface area is 101 Å². The smallest absolute Gasteiger partial charge is 0.261 e. The monoisotopic (exact) mass is 343 g/mol. The Kier molecular flexibility index (Phi) is 4.36. The molecule has 1 aromatic carbocycles. The van der Waals surface area contributed by atoms with Gasteiger partial charge in [-0.1, -0.05) is 0 Å². The first kappa shape index (κ1) is 12.0. The van der Waals surface area contributed by atoms with Gasteiger partial charge in [0.05, 0.1) is 21.7 Å². The first-order valence-electron chi connectivity index (χ1n) is 3.45. The molecule has 0 heterocycles. The Morgan fingerprint density at radius 1 is 1.43 bits per heavy atom. The Hall–Kier alpha value is -0.110. The third-order valence-electron chi connectivity index (χ3n) is 1.37. The number of hydrogen-bond acceptors (Lipinski definition) is 3. The minimum atomic E-state index is -1.57. The van der Waals surface area contributed by atoms with Crippen LogP contribution >= 0.6 is 31.9 Å². The highest BCUT2D eigenvalue weighted by Crippen LogP contribution is 2.35. The molecule has 7 heteroatoms. The van der Waals surface area contributed by atoms with Gasteiger partial charge in [-0.3, -0.25) is 8.91 Å². The van der Waals surface area contributed by atoms with Gasteiger partial charge in [0.15, 0.2) is 0 Å². The molecule has 1 atom stereocenters. The zero-order valence-corrected chi connectivity index (χ0v) is 11.1. The Balaban J connectivity index is 2.95. The van der Waals surface area contributed by atoms with Crippen molar-refractivity contribution in [2.24, 2.45) is 0 Å². The second-order valence-electron chi connectivity index (χ2n) is 2.29. The predicted molar refractivity (Wildman–Crippen MR) is 62.3 cm³/mol. The van der Waals surface area contributed by atoms with Crippen LogP contribution in [0.3, 0.4) is 0 Å². The predicted octanol–water partition coefficient (Wildman–Crippen LogP) is 2.55. The van der Waals surface area contributed by atoms with Crippen molar-refractivity contribution in [2.75, 3.05) is 11.8 Å². The summed E-state index contributed by atoms with van der Waals surface area (Å²) in [5.41, 5.74) is 0.571. The summed E-state index contributed by atoms with van der Waals surface area (Å²) in [5.74, 6) is 0.0961. The van der Waals surface area contributed by atoms with Gasteiger partial charge in [-0.25, -0.2) is 4.21 Å². The number of hydrogen-bond donors (Lipinski definition) is 2. The standard InChI is InChI=1S/C7H7Br2NO3S/c1-13-14(12)10-4-2-5(8)7(11)6(9)3-4/h2-3,10-11H,1H3. The maximum Gasteiger partial charge on any atom is 0.261 e. The molecule has 78 valence electrons. The fourth-order valence-electron chi connectivity index (χ4n) is 0.762. The van der Waals surface area contributed by atoms with E-state index in [2.05, 4.69) is 40.8 Å². The van der Waals surface area contributed by atoms with Crippen LogP contribution in [0.1, 0.15) is 0 Å². The molecule has 0 amide bonds. The Morgan fingerprint density at radius 2 is 1.93 bits per heavy atom. The molecule has 0 saturated carbocycles. The van der Waals surface area contributed by atoms with Crippen LogP contribution in [-0.4, -0.2) is 16.4 Å². The highest BCUT2D eigenvalue weighted by molar-refractivity contribution is 9.11. The molecule has 0 bridgehead atoms. The molecule has 0 spiro atoms. The van der Waals surface area contributed by atoms with Crippen molar-refractivity contribution in [3.63, 3.8) is 0 Å². The average Bonchev–Trinajstić information content (AvgIpc) is 2.14. The lowest BCUT2D eigenvalue weighted by molar-refractivity contribution is 0.449. The summed E-state index contributed by atoms with van der Waals surface area (Å²) in [6, 6.07) is 3.19. The fraction of sp³-hybridized carbons (Fsp3) is 0.143. The third kappa shape index (κ3) is 2.94. The minimum absolute atomic E-state index is 0.0961. The van der Waals surface area contributed by atoms with Gasteiger partial charge in [0.2, 0.25) is 0 Å². The molecule has 1 aromatic rings. The van der Waals surface area contributed by atoms with Crippen LogP contribution < -0.4 is 4.72 Å². The largest absolute Gasteiger partial charge is 0.506 e. The van der Waals surface area contributed by atoms with E-state index in [1.165, 1.54) is 7.11 Å². The zero-order valence-electron chi connectivity index (χ0n) is 7.08. The SMILES string of the molecule is COS(=O)Nc1cc(Br)c(O)c(Br)c1. The van der Waals surface area contributed by atoms with Crippen molar-refractivity contribution in [3.05, 3.63) is 21.1 Å². The van der Waals surface area contributed by atoms with Gasteiger partial charge in [-0.15, -0.1) is 0 Å². The van der Waals surface area contributed by atoms with Gasteiger partial charge in [-0.2, -0.15) is 0 Å². The van der Waals surface area contributed by atoms with E-state index in [4.69, 9.17) is 0 Å². The normalized spacial score (nSPS) is 12.5. The van der Waals surface area contributed by atoms with E-state index >= 15 is 0 Å². The van der Waals surface area contributed by atoms with Gasteiger partial charge in [-0.05, 0) is 44.0 Å². The van der Waals surface area contributed by atoms with Crippen LogP contribution in [0.5, 0.6) is 5.75 Å². The molecule has 0 fully saturated rings. The van der Waals surface area contributed by atoms with Gasteiger partial charge < -0.3 is 5.11 Å². The van der Waals surface area contributed by atoms with Crippen LogP contribution in [0.15, 0.2) is 21.1 Å². The molecule has 0 saturated heterocycles. The van der Waals surface area contributed by atoms with Gasteiger partial charge in [0, 0.05) is 0 Å². The van der Waals surface area contributed by atoms with Crippen molar-refractivity contribution in [1.82, 2.24) is 0 Å². The van der Waals surface area contributed by atoms with E-state index < -0.39 is 11.3 Å². The maximum atomic E-state index is 11.0. The Morgan fingerprint density at radius 3 is 2.36 bits per heavy atom. The Bertz CT molecular complexity index is 349. The molecule has 0 aliphatic carbocycles. The molecular weight excluding hydrogens is 338 g/mol. The van der Waals surface area contributed by atoms with Crippen LogP contribution in [0.4, 0.5) is 5.69 Å². The van der Waals surface area contributed by atoms with Crippen LogP contribution in [0.2, 0.25) is 0 Å². The molecule has 0 radical (unpaired) electrons. The molecule has 14 heavy (non-hydrogen) atoms. The number of phenolic OH excluding ortho intramolecular Hbond substituents is 1. The van der Waals surface area contributed by atoms with Crippen molar-refractivity contribution in [3.8, 4) is 5.75 Å². The lowest BCUT2D eigenvalue weighted by Gasteiger charge is -2.06. The highest BCUT2D eigenvalue weighted by atomic mass is 79.9. The first-order valence-corrected chi connectivity index (χ1v) is 6.11. The summed E-state index contributed by atoms with van der Waals surface area (Å²) in [4.78, 5) is 0. The summed E-state index contributed by atoms with van der Waals surface area (Å²) in [5, 5.41) is 9.39. The van der Waals surface area contributed by atoms with Crippen LogP contribution in [0, 0.1) is 0 Å². The summed E-state index contributed by atoms with van der Waals surface area (Å²) in [6.45, 7) is 0. The van der Waals surface area contributed by atoms with E-state index in [9.17, 15) is 9.32 Å². The molecule has 1 unspecified atom stereocenters. The lowest BCUT2D eigenvalue weighted by atomic mass is 10.3. The van der Waals surface area contributed by atoms with E-state index in [-0.39, 0.29) is 5.75 Å². The number of anilines is 1. The molecular formula is C7H7Br2NO3S. The average molecular weight is 345 g/mol. The fourth-order valence-corrected chi connectivity index (χ4v) is 2.34.